The van der Waals surface area contributed by atoms with Gasteiger partial charge in [-0.15, -0.1) is 0 Å². The van der Waals surface area contributed by atoms with E-state index in [1.807, 2.05) is 0 Å². The molecule has 184 valence electrons. The number of Topliss-reactive ketones (excluding diaryl/α,β-unsaturated/α-hetero) is 1. The van der Waals surface area contributed by atoms with Crippen molar-refractivity contribution in [3.63, 3.8) is 0 Å². The fraction of sp³-hybridized carbons (Fsp3) is 0.476. The van der Waals surface area contributed by atoms with Crippen LogP contribution in [0.3, 0.4) is 0 Å². The second kappa shape index (κ2) is 10.3. The van der Waals surface area contributed by atoms with Crippen LogP contribution >= 0.6 is 11.6 Å². The Labute approximate surface area is 198 Å². The first-order valence-corrected chi connectivity index (χ1v) is 10.8. The third-order valence-corrected chi connectivity index (χ3v) is 5.83. The molecule has 34 heavy (non-hydrogen) atoms. The number of likely N-dealkylation sites (N-methyl/N-ethyl adjacent to an activating group) is 1. The van der Waals surface area contributed by atoms with E-state index in [0.29, 0.717) is 13.0 Å². The number of anilines is 1. The summed E-state index contributed by atoms with van der Waals surface area (Å²) in [5.74, 6) is -7.52. The van der Waals surface area contributed by atoms with Gasteiger partial charge < -0.3 is 20.7 Å². The minimum atomic E-state index is -2.85. The van der Waals surface area contributed by atoms with Gasteiger partial charge >= 0.3 is 6.09 Å². The molecule has 0 bridgehead atoms. The molecule has 0 radical (unpaired) electrons. The number of hydrogen-bond acceptors (Lipinski definition) is 6. The molecule has 1 heterocycles. The molecule has 10 nitrogen and oxygen atoms in total. The van der Waals surface area contributed by atoms with E-state index < -0.39 is 54.1 Å². The molecule has 13 heteroatoms. The van der Waals surface area contributed by atoms with E-state index in [2.05, 4.69) is 21.3 Å². The van der Waals surface area contributed by atoms with Gasteiger partial charge in [0.1, 0.15) is 6.61 Å². The van der Waals surface area contributed by atoms with E-state index in [4.69, 9.17) is 16.3 Å². The van der Waals surface area contributed by atoms with Gasteiger partial charge in [-0.2, -0.15) is 0 Å². The van der Waals surface area contributed by atoms with Crippen LogP contribution in [0, 0.1) is 11.8 Å². The molecule has 2 fully saturated rings. The van der Waals surface area contributed by atoms with Crippen molar-refractivity contribution in [3.05, 3.63) is 28.8 Å². The van der Waals surface area contributed by atoms with Crippen molar-refractivity contribution in [1.82, 2.24) is 16.0 Å². The fourth-order valence-corrected chi connectivity index (χ4v) is 3.66. The molecule has 3 atom stereocenters. The summed E-state index contributed by atoms with van der Waals surface area (Å²) in [4.78, 5) is 61.4. The highest BCUT2D eigenvalue weighted by molar-refractivity contribution is 6.38. The number of carbonyl (C=O) groups is 5. The largest absolute Gasteiger partial charge is 0.449 e. The van der Waals surface area contributed by atoms with E-state index in [0.717, 1.165) is 0 Å². The molecule has 1 saturated heterocycles. The molecule has 1 aromatic rings. The lowest BCUT2D eigenvalue weighted by atomic mass is 9.95. The van der Waals surface area contributed by atoms with Crippen molar-refractivity contribution < 1.29 is 37.5 Å². The topological polar surface area (TPSA) is 143 Å². The van der Waals surface area contributed by atoms with Gasteiger partial charge in [0.2, 0.25) is 11.7 Å². The van der Waals surface area contributed by atoms with Gasteiger partial charge in [-0.05, 0) is 31.0 Å². The minimum absolute atomic E-state index is 0.0563. The zero-order chi connectivity index (χ0) is 25.0. The average molecular weight is 501 g/mol. The van der Waals surface area contributed by atoms with E-state index in [9.17, 15) is 32.8 Å². The van der Waals surface area contributed by atoms with Gasteiger partial charge in [-0.25, -0.2) is 13.6 Å². The number of halogens is 3. The quantitative estimate of drug-likeness (QED) is 0.378. The molecule has 0 spiro atoms. The van der Waals surface area contributed by atoms with Gasteiger partial charge in [-0.3, -0.25) is 24.5 Å². The zero-order valence-electron chi connectivity index (χ0n) is 18.1. The van der Waals surface area contributed by atoms with Gasteiger partial charge in [0.25, 0.3) is 17.7 Å². The number of benzene rings is 1. The number of ketones is 1. The summed E-state index contributed by atoms with van der Waals surface area (Å²) >= 11 is 5.98. The molecular weight excluding hydrogens is 478 g/mol. The monoisotopic (exact) mass is 500 g/mol. The van der Waals surface area contributed by atoms with Crippen molar-refractivity contribution in [2.24, 2.45) is 11.8 Å². The smallest absolute Gasteiger partial charge is 0.411 e. The van der Waals surface area contributed by atoms with Crippen LogP contribution in [0.2, 0.25) is 5.02 Å². The standard InChI is InChI=1S/C21H23ClF2N4O6/c1-25-19(32)16(29)15(6-10-4-5-26-17(10)30)27-18(31)13-7-12(22)2-3-14(13)28-20(33)34-9-11-8-21(11,23)24/h2-3,7,10-11,15H,4-6,8-9H2,1H3,(H,25,32)(H,26,30)(H,27,31)(H,28,33). The number of amides is 4. The lowest BCUT2D eigenvalue weighted by molar-refractivity contribution is -0.139. The fourth-order valence-electron chi connectivity index (χ4n) is 3.49. The predicted octanol–water partition coefficient (Wildman–Crippen LogP) is 1.48. The van der Waals surface area contributed by atoms with Crippen LogP contribution in [0.5, 0.6) is 0 Å². The average Bonchev–Trinajstić information content (AvgIpc) is 3.21. The second-order valence-electron chi connectivity index (χ2n) is 8.06. The predicted molar refractivity (Wildman–Crippen MR) is 116 cm³/mol. The summed E-state index contributed by atoms with van der Waals surface area (Å²) in [7, 11) is 1.25. The van der Waals surface area contributed by atoms with Crippen LogP contribution in [0.4, 0.5) is 19.3 Å². The Balaban J connectivity index is 1.73. The molecule has 3 unspecified atom stereocenters. The molecule has 0 aromatic heterocycles. The summed E-state index contributed by atoms with van der Waals surface area (Å²) in [6.45, 7) is -0.0737. The highest BCUT2D eigenvalue weighted by Gasteiger charge is 2.57. The molecule has 4 amide bonds. The summed E-state index contributed by atoms with van der Waals surface area (Å²) in [5, 5.41) is 9.66. The second-order valence-corrected chi connectivity index (χ2v) is 8.49. The first kappa shape index (κ1) is 25.3. The first-order valence-electron chi connectivity index (χ1n) is 10.5. The van der Waals surface area contributed by atoms with Crippen LogP contribution in [0.25, 0.3) is 0 Å². The normalized spacial score (nSPS) is 21.1. The molecule has 1 aliphatic heterocycles. The third kappa shape index (κ3) is 6.19. The van der Waals surface area contributed by atoms with E-state index in [-0.39, 0.29) is 35.0 Å². The van der Waals surface area contributed by atoms with Crippen molar-refractivity contribution in [2.45, 2.75) is 31.2 Å². The molecule has 1 aromatic carbocycles. The van der Waals surface area contributed by atoms with Crippen LogP contribution in [-0.2, 0) is 19.1 Å². The number of ether oxygens (including phenoxy) is 1. The SMILES string of the molecule is CNC(=O)C(=O)C(CC1CCNC1=O)NC(=O)c1cc(Cl)ccc1NC(=O)OCC1CC1(F)F. The van der Waals surface area contributed by atoms with Crippen LogP contribution in [-0.4, -0.2) is 61.8 Å². The molecule has 1 saturated carbocycles. The Morgan fingerprint density at radius 2 is 2.00 bits per heavy atom. The van der Waals surface area contributed by atoms with Crippen LogP contribution in [0.1, 0.15) is 29.6 Å². The van der Waals surface area contributed by atoms with Crippen LogP contribution in [0.15, 0.2) is 18.2 Å². The molecule has 1 aliphatic carbocycles. The Morgan fingerprint density at radius 3 is 2.59 bits per heavy atom. The van der Waals surface area contributed by atoms with Gasteiger partial charge in [-0.1, -0.05) is 11.6 Å². The molecule has 4 N–H and O–H groups in total. The van der Waals surface area contributed by atoms with Crippen molar-refractivity contribution in [3.8, 4) is 0 Å². The number of carbonyl (C=O) groups excluding carboxylic acids is 5. The summed E-state index contributed by atoms with van der Waals surface area (Å²) in [6.07, 6.45) is -1.10. The molecule has 3 rings (SSSR count). The zero-order valence-corrected chi connectivity index (χ0v) is 18.8. The minimum Gasteiger partial charge on any atom is -0.449 e. The first-order chi connectivity index (χ1) is 16.0. The van der Waals surface area contributed by atoms with Gasteiger partial charge in [0.05, 0.1) is 23.2 Å². The Bertz CT molecular complexity index is 1020. The number of rotatable bonds is 9. The maximum Gasteiger partial charge on any atom is 0.411 e. The molecular formula is C21H23ClF2N4O6. The van der Waals surface area contributed by atoms with E-state index >= 15 is 0 Å². The summed E-state index contributed by atoms with van der Waals surface area (Å²) in [5.41, 5.74) is -0.217. The van der Waals surface area contributed by atoms with Crippen LogP contribution < -0.4 is 21.3 Å². The van der Waals surface area contributed by atoms with Gasteiger partial charge in [0, 0.05) is 31.0 Å². The number of alkyl halides is 2. The van der Waals surface area contributed by atoms with Crippen molar-refractivity contribution in [1.29, 1.82) is 0 Å². The summed E-state index contributed by atoms with van der Waals surface area (Å²) in [6, 6.07) is 2.56. The Kier molecular flexibility index (Phi) is 7.70. The Hall–Kier alpha value is -3.28. The Morgan fingerprint density at radius 1 is 1.29 bits per heavy atom. The highest BCUT2D eigenvalue weighted by Crippen LogP contribution is 2.48. The number of hydrogen-bond donors (Lipinski definition) is 4. The molecule has 2 aliphatic rings. The summed E-state index contributed by atoms with van der Waals surface area (Å²) < 4.78 is 30.7. The van der Waals surface area contributed by atoms with E-state index in [1.54, 1.807) is 0 Å². The lowest BCUT2D eigenvalue weighted by Gasteiger charge is -2.20. The van der Waals surface area contributed by atoms with E-state index in [1.165, 1.54) is 25.2 Å². The highest BCUT2D eigenvalue weighted by atomic mass is 35.5. The van der Waals surface area contributed by atoms with Gasteiger partial charge in [0.15, 0.2) is 0 Å². The maximum absolute atomic E-state index is 13.0. The van der Waals surface area contributed by atoms with Crippen molar-refractivity contribution in [2.75, 3.05) is 25.5 Å². The lowest BCUT2D eigenvalue weighted by Crippen LogP contribution is -2.48. The maximum atomic E-state index is 13.0. The third-order valence-electron chi connectivity index (χ3n) is 5.59. The van der Waals surface area contributed by atoms with Crippen molar-refractivity contribution >= 4 is 46.9 Å². The number of nitrogens with one attached hydrogen (secondary N) is 4.